The Morgan fingerprint density at radius 1 is 1.41 bits per heavy atom. The smallest absolute Gasteiger partial charge is 0.318 e. The fraction of sp³-hybridized carbons (Fsp3) is 0.833. The molecule has 0 aromatic carbocycles. The molecule has 0 saturated carbocycles. The van der Waals surface area contributed by atoms with Crippen LogP contribution >= 0.6 is 0 Å². The topological polar surface area (TPSA) is 54.2 Å². The molecule has 0 amide bonds. The van der Waals surface area contributed by atoms with Crippen LogP contribution in [0.2, 0.25) is 0 Å². The summed E-state index contributed by atoms with van der Waals surface area (Å²) in [6.07, 6.45) is 2.31. The Hall–Kier alpha value is -1.10. The van der Waals surface area contributed by atoms with Gasteiger partial charge in [-0.05, 0) is 32.2 Å². The van der Waals surface area contributed by atoms with E-state index >= 15 is 0 Å². The zero-order chi connectivity index (χ0) is 12.3. The van der Waals surface area contributed by atoms with Crippen molar-refractivity contribution in [3.05, 3.63) is 5.89 Å². The third kappa shape index (κ3) is 2.97. The van der Waals surface area contributed by atoms with Crippen molar-refractivity contribution in [1.29, 1.82) is 0 Å². The molecule has 1 aliphatic rings. The Kier molecular flexibility index (Phi) is 3.99. The van der Waals surface area contributed by atoms with E-state index in [1.807, 2.05) is 0 Å². The lowest BCUT2D eigenvalue weighted by Gasteiger charge is -2.17. The summed E-state index contributed by atoms with van der Waals surface area (Å²) < 4.78 is 5.67. The molecule has 1 aromatic heterocycles. The van der Waals surface area contributed by atoms with Crippen molar-refractivity contribution in [3.63, 3.8) is 0 Å². The molecule has 1 aromatic rings. The predicted octanol–water partition coefficient (Wildman–Crippen LogP) is 1.80. The van der Waals surface area contributed by atoms with Crippen molar-refractivity contribution in [2.24, 2.45) is 5.92 Å². The largest absolute Gasteiger partial charge is 0.407 e. The molecule has 2 atom stereocenters. The molecule has 5 nitrogen and oxygen atoms in total. The fourth-order valence-electron chi connectivity index (χ4n) is 2.37. The Balaban J connectivity index is 1.93. The lowest BCUT2D eigenvalue weighted by atomic mass is 10.1. The van der Waals surface area contributed by atoms with Crippen LogP contribution in [0.5, 0.6) is 0 Å². The van der Waals surface area contributed by atoms with Gasteiger partial charge in [0.05, 0.1) is 6.54 Å². The van der Waals surface area contributed by atoms with E-state index in [0.29, 0.717) is 30.4 Å². The van der Waals surface area contributed by atoms with Gasteiger partial charge in [0.25, 0.3) is 0 Å². The molecular weight excluding hydrogens is 216 g/mol. The van der Waals surface area contributed by atoms with Gasteiger partial charge < -0.3 is 14.6 Å². The quantitative estimate of drug-likeness (QED) is 0.793. The highest BCUT2D eigenvalue weighted by Gasteiger charge is 2.29. The molecule has 1 saturated heterocycles. The molecule has 1 fully saturated rings. The maximum atomic E-state index is 5.67. The summed E-state index contributed by atoms with van der Waals surface area (Å²) in [4.78, 5) is 2.21. The van der Waals surface area contributed by atoms with Gasteiger partial charge in [0.1, 0.15) is 0 Å². The first-order chi connectivity index (χ1) is 8.20. The SMILES string of the molecule is CCCNCc1nnc(N2CC(C)CC2C)o1. The van der Waals surface area contributed by atoms with Gasteiger partial charge in [0, 0.05) is 12.6 Å². The highest BCUT2D eigenvalue weighted by molar-refractivity contribution is 5.28. The average Bonchev–Trinajstić information content (AvgIpc) is 2.86. The first kappa shape index (κ1) is 12.4. The summed E-state index contributed by atoms with van der Waals surface area (Å²) >= 11 is 0. The number of hydrogen-bond donors (Lipinski definition) is 1. The fourth-order valence-corrected chi connectivity index (χ4v) is 2.37. The minimum absolute atomic E-state index is 0.502. The molecule has 0 spiro atoms. The van der Waals surface area contributed by atoms with Gasteiger partial charge in [0.2, 0.25) is 5.89 Å². The molecule has 2 heterocycles. The zero-order valence-corrected chi connectivity index (χ0v) is 10.9. The van der Waals surface area contributed by atoms with Crippen LogP contribution in [0.4, 0.5) is 6.01 Å². The van der Waals surface area contributed by atoms with Crippen LogP contribution in [0, 0.1) is 5.92 Å². The summed E-state index contributed by atoms with van der Waals surface area (Å²) in [5, 5.41) is 11.5. The molecule has 1 N–H and O–H groups in total. The second-order valence-corrected chi connectivity index (χ2v) is 5.00. The van der Waals surface area contributed by atoms with E-state index in [1.54, 1.807) is 0 Å². The molecule has 0 radical (unpaired) electrons. The van der Waals surface area contributed by atoms with Crippen LogP contribution < -0.4 is 10.2 Å². The zero-order valence-electron chi connectivity index (χ0n) is 10.9. The van der Waals surface area contributed by atoms with Crippen molar-refractivity contribution in [2.75, 3.05) is 18.0 Å². The second-order valence-electron chi connectivity index (χ2n) is 5.00. The summed E-state index contributed by atoms with van der Waals surface area (Å²) in [7, 11) is 0. The first-order valence-electron chi connectivity index (χ1n) is 6.50. The van der Waals surface area contributed by atoms with E-state index in [9.17, 15) is 0 Å². The molecule has 1 aliphatic heterocycles. The lowest BCUT2D eigenvalue weighted by Crippen LogP contribution is -2.26. The molecule has 2 unspecified atom stereocenters. The Bertz CT molecular complexity index is 352. The molecule has 0 aliphatic carbocycles. The number of nitrogens with one attached hydrogen (secondary N) is 1. The van der Waals surface area contributed by atoms with Crippen LogP contribution in [-0.4, -0.2) is 29.3 Å². The van der Waals surface area contributed by atoms with Crippen LogP contribution in [0.1, 0.15) is 39.5 Å². The lowest BCUT2D eigenvalue weighted by molar-refractivity contribution is 0.459. The molecule has 17 heavy (non-hydrogen) atoms. The van der Waals surface area contributed by atoms with E-state index in [4.69, 9.17) is 4.42 Å². The van der Waals surface area contributed by atoms with Gasteiger partial charge >= 0.3 is 6.01 Å². The van der Waals surface area contributed by atoms with Crippen molar-refractivity contribution < 1.29 is 4.42 Å². The summed E-state index contributed by atoms with van der Waals surface area (Å²) in [6.45, 7) is 9.28. The van der Waals surface area contributed by atoms with Crippen LogP contribution in [0.15, 0.2) is 4.42 Å². The van der Waals surface area contributed by atoms with Crippen molar-refractivity contribution in [3.8, 4) is 0 Å². The Morgan fingerprint density at radius 3 is 2.88 bits per heavy atom. The van der Waals surface area contributed by atoms with E-state index < -0.39 is 0 Å². The Labute approximate surface area is 103 Å². The standard InChI is InChI=1S/C12H22N4O/c1-4-5-13-7-11-14-15-12(17-11)16-8-9(2)6-10(16)3/h9-10,13H,4-8H2,1-3H3. The summed E-state index contributed by atoms with van der Waals surface area (Å²) in [6, 6.07) is 1.18. The number of aromatic nitrogens is 2. The second kappa shape index (κ2) is 5.49. The molecule has 0 bridgehead atoms. The maximum Gasteiger partial charge on any atom is 0.318 e. The molecule has 2 rings (SSSR count). The number of rotatable bonds is 5. The van der Waals surface area contributed by atoms with Gasteiger partial charge in [-0.3, -0.25) is 0 Å². The average molecular weight is 238 g/mol. The van der Waals surface area contributed by atoms with Crippen LogP contribution in [0.25, 0.3) is 0 Å². The van der Waals surface area contributed by atoms with Gasteiger partial charge in [-0.15, -0.1) is 5.10 Å². The maximum absolute atomic E-state index is 5.67. The van der Waals surface area contributed by atoms with Gasteiger partial charge in [-0.1, -0.05) is 18.9 Å². The van der Waals surface area contributed by atoms with Crippen molar-refractivity contribution in [1.82, 2.24) is 15.5 Å². The van der Waals surface area contributed by atoms with E-state index in [1.165, 1.54) is 6.42 Å². The summed E-state index contributed by atoms with van der Waals surface area (Å²) in [5.74, 6) is 1.39. The van der Waals surface area contributed by atoms with E-state index in [-0.39, 0.29) is 0 Å². The number of anilines is 1. The third-order valence-corrected chi connectivity index (χ3v) is 3.19. The first-order valence-corrected chi connectivity index (χ1v) is 6.50. The summed E-state index contributed by atoms with van der Waals surface area (Å²) in [5.41, 5.74) is 0. The molecule has 96 valence electrons. The van der Waals surface area contributed by atoms with Crippen molar-refractivity contribution in [2.45, 2.75) is 46.2 Å². The minimum atomic E-state index is 0.502. The number of hydrogen-bond acceptors (Lipinski definition) is 5. The normalized spacial score (nSPS) is 24.5. The van der Waals surface area contributed by atoms with E-state index in [2.05, 4.69) is 41.2 Å². The monoisotopic (exact) mass is 238 g/mol. The Morgan fingerprint density at radius 2 is 2.24 bits per heavy atom. The number of nitrogens with zero attached hydrogens (tertiary/aromatic N) is 3. The highest BCUT2D eigenvalue weighted by atomic mass is 16.4. The van der Waals surface area contributed by atoms with Crippen LogP contribution in [-0.2, 0) is 6.54 Å². The van der Waals surface area contributed by atoms with Gasteiger partial charge in [-0.2, -0.15) is 0 Å². The molecular formula is C12H22N4O. The van der Waals surface area contributed by atoms with Crippen LogP contribution in [0.3, 0.4) is 0 Å². The molecule has 5 heteroatoms. The minimum Gasteiger partial charge on any atom is -0.407 e. The van der Waals surface area contributed by atoms with Gasteiger partial charge in [0.15, 0.2) is 0 Å². The van der Waals surface area contributed by atoms with E-state index in [0.717, 1.165) is 19.5 Å². The van der Waals surface area contributed by atoms with Crippen molar-refractivity contribution >= 4 is 6.01 Å². The third-order valence-electron chi connectivity index (χ3n) is 3.19. The van der Waals surface area contributed by atoms with Gasteiger partial charge in [-0.25, -0.2) is 0 Å². The predicted molar refractivity (Wildman–Crippen MR) is 66.9 cm³/mol. The highest BCUT2D eigenvalue weighted by Crippen LogP contribution is 2.27.